The topological polar surface area (TPSA) is 78.3 Å². The Balaban J connectivity index is 1.56. The van der Waals surface area contributed by atoms with Crippen LogP contribution in [0.4, 0.5) is 0 Å². The van der Waals surface area contributed by atoms with Crippen LogP contribution < -0.4 is 14.8 Å². The summed E-state index contributed by atoms with van der Waals surface area (Å²) in [5, 5.41) is 8.17. The van der Waals surface area contributed by atoms with E-state index in [1.165, 1.54) is 0 Å². The Kier molecular flexibility index (Phi) is 6.74. The van der Waals surface area contributed by atoms with Crippen LogP contribution in [0.5, 0.6) is 11.6 Å². The van der Waals surface area contributed by atoms with Crippen LogP contribution in [-0.4, -0.2) is 40.9 Å². The highest BCUT2D eigenvalue weighted by atomic mass is 79.9. The van der Waals surface area contributed by atoms with Crippen LogP contribution in [0.2, 0.25) is 0 Å². The van der Waals surface area contributed by atoms with Gasteiger partial charge in [-0.1, -0.05) is 22.0 Å². The Labute approximate surface area is 178 Å². The van der Waals surface area contributed by atoms with Crippen molar-refractivity contribution in [3.05, 3.63) is 45.6 Å². The number of benzene rings is 1. The number of hydrogen-bond acceptors (Lipinski definition) is 5. The third-order valence-corrected chi connectivity index (χ3v) is 5.30. The van der Waals surface area contributed by atoms with Gasteiger partial charge in [-0.25, -0.2) is 9.67 Å². The minimum absolute atomic E-state index is 0.0140. The van der Waals surface area contributed by atoms with Crippen molar-refractivity contribution in [2.45, 2.75) is 26.7 Å². The average molecular weight is 461 g/mol. The summed E-state index contributed by atoms with van der Waals surface area (Å²) in [5.41, 5.74) is 3.81. The normalized spacial score (nSPS) is 10.9. The molecule has 0 saturated carbocycles. The number of carbonyl (C=O) groups excluding carboxylic acids is 1. The van der Waals surface area contributed by atoms with E-state index in [0.717, 1.165) is 38.1 Å². The predicted octanol–water partition coefficient (Wildman–Crippen LogP) is 3.48. The van der Waals surface area contributed by atoms with E-state index in [9.17, 15) is 4.79 Å². The standard InChI is InChI=1S/C21H25BrN4O3/c1-13-17(14(2)24-20-19(13)21(28-4)25-26(20)3)8-9-18(27)23-10-11-29-16-7-5-6-15(22)12-16/h5-7,12H,8-11H2,1-4H3,(H,23,27). The van der Waals surface area contributed by atoms with Crippen molar-refractivity contribution >= 4 is 32.9 Å². The van der Waals surface area contributed by atoms with Crippen LogP contribution in [0.3, 0.4) is 0 Å². The number of methoxy groups -OCH3 is 1. The molecule has 2 aromatic heterocycles. The second-order valence-corrected chi connectivity index (χ2v) is 7.70. The van der Waals surface area contributed by atoms with Gasteiger partial charge in [0.15, 0.2) is 5.65 Å². The number of carbonyl (C=O) groups is 1. The summed E-state index contributed by atoms with van der Waals surface area (Å²) in [6.45, 7) is 4.86. The molecule has 29 heavy (non-hydrogen) atoms. The van der Waals surface area contributed by atoms with Gasteiger partial charge in [0.2, 0.25) is 11.8 Å². The zero-order valence-corrected chi connectivity index (χ0v) is 18.7. The molecule has 0 saturated heterocycles. The summed E-state index contributed by atoms with van der Waals surface area (Å²) in [6.07, 6.45) is 0.991. The maximum absolute atomic E-state index is 12.3. The Morgan fingerprint density at radius 3 is 2.83 bits per heavy atom. The molecule has 0 aliphatic carbocycles. The van der Waals surface area contributed by atoms with E-state index in [4.69, 9.17) is 9.47 Å². The van der Waals surface area contributed by atoms with E-state index in [2.05, 4.69) is 31.3 Å². The molecule has 0 unspecified atom stereocenters. The molecule has 0 bridgehead atoms. The lowest BCUT2D eigenvalue weighted by atomic mass is 10.00. The number of rotatable bonds is 8. The van der Waals surface area contributed by atoms with Crippen molar-refractivity contribution in [1.82, 2.24) is 20.1 Å². The summed E-state index contributed by atoms with van der Waals surface area (Å²) in [4.78, 5) is 16.9. The average Bonchev–Trinajstić information content (AvgIpc) is 3.01. The number of aromatic nitrogens is 3. The maximum Gasteiger partial charge on any atom is 0.242 e. The van der Waals surface area contributed by atoms with E-state index in [1.54, 1.807) is 11.8 Å². The molecular formula is C21H25BrN4O3. The minimum Gasteiger partial charge on any atom is -0.492 e. The first-order valence-electron chi connectivity index (χ1n) is 9.42. The van der Waals surface area contributed by atoms with Crippen molar-refractivity contribution in [2.75, 3.05) is 20.3 Å². The third-order valence-electron chi connectivity index (χ3n) is 4.81. The van der Waals surface area contributed by atoms with Crippen LogP contribution in [0.1, 0.15) is 23.2 Å². The Hall–Kier alpha value is -2.61. The molecule has 7 nitrogen and oxygen atoms in total. The van der Waals surface area contributed by atoms with Crippen LogP contribution in [0.15, 0.2) is 28.7 Å². The molecule has 1 N–H and O–H groups in total. The van der Waals surface area contributed by atoms with E-state index in [1.807, 2.05) is 45.2 Å². The third kappa shape index (κ3) is 4.87. The first kappa shape index (κ1) is 21.1. The maximum atomic E-state index is 12.3. The number of pyridine rings is 1. The molecule has 3 rings (SSSR count). The van der Waals surface area contributed by atoms with Crippen LogP contribution >= 0.6 is 15.9 Å². The Morgan fingerprint density at radius 1 is 1.31 bits per heavy atom. The molecule has 1 amide bonds. The molecule has 1 aromatic carbocycles. The Morgan fingerprint density at radius 2 is 2.10 bits per heavy atom. The molecule has 0 radical (unpaired) electrons. The quantitative estimate of drug-likeness (QED) is 0.520. The lowest BCUT2D eigenvalue weighted by Gasteiger charge is -2.12. The molecule has 8 heteroatoms. The molecule has 0 aliphatic heterocycles. The largest absolute Gasteiger partial charge is 0.492 e. The first-order valence-corrected chi connectivity index (χ1v) is 10.2. The summed E-state index contributed by atoms with van der Waals surface area (Å²) in [5.74, 6) is 1.31. The fourth-order valence-corrected chi connectivity index (χ4v) is 3.73. The van der Waals surface area contributed by atoms with Crippen molar-refractivity contribution in [2.24, 2.45) is 7.05 Å². The van der Waals surface area contributed by atoms with Gasteiger partial charge in [-0.05, 0) is 49.6 Å². The number of halogens is 1. The number of aryl methyl sites for hydroxylation is 3. The highest BCUT2D eigenvalue weighted by Gasteiger charge is 2.18. The number of ether oxygens (including phenoxy) is 2. The van der Waals surface area contributed by atoms with Gasteiger partial charge < -0.3 is 14.8 Å². The fourth-order valence-electron chi connectivity index (χ4n) is 3.35. The lowest BCUT2D eigenvalue weighted by Crippen LogP contribution is -2.28. The van der Waals surface area contributed by atoms with Gasteiger partial charge in [-0.15, -0.1) is 5.10 Å². The van der Waals surface area contributed by atoms with E-state index in [-0.39, 0.29) is 5.91 Å². The monoisotopic (exact) mass is 460 g/mol. The molecule has 3 aromatic rings. The van der Waals surface area contributed by atoms with Gasteiger partial charge in [0, 0.05) is 23.6 Å². The van der Waals surface area contributed by atoms with Crippen LogP contribution in [0, 0.1) is 13.8 Å². The summed E-state index contributed by atoms with van der Waals surface area (Å²) >= 11 is 3.41. The SMILES string of the molecule is COc1nn(C)c2nc(C)c(CCC(=O)NCCOc3cccc(Br)c3)c(C)c12. The smallest absolute Gasteiger partial charge is 0.242 e. The minimum atomic E-state index is -0.0140. The molecule has 0 spiro atoms. The van der Waals surface area contributed by atoms with E-state index >= 15 is 0 Å². The van der Waals surface area contributed by atoms with Crippen molar-refractivity contribution in [1.29, 1.82) is 0 Å². The zero-order chi connectivity index (χ0) is 21.0. The summed E-state index contributed by atoms with van der Waals surface area (Å²) < 4.78 is 13.7. The number of amides is 1. The van der Waals surface area contributed by atoms with Crippen LogP contribution in [-0.2, 0) is 18.3 Å². The number of hydrogen-bond donors (Lipinski definition) is 1. The lowest BCUT2D eigenvalue weighted by molar-refractivity contribution is -0.121. The number of fused-ring (bicyclic) bond motifs is 1. The second-order valence-electron chi connectivity index (χ2n) is 6.79. The van der Waals surface area contributed by atoms with Gasteiger partial charge in [-0.3, -0.25) is 4.79 Å². The van der Waals surface area contributed by atoms with Crippen molar-refractivity contribution in [3.63, 3.8) is 0 Å². The molecule has 0 fully saturated rings. The van der Waals surface area contributed by atoms with Crippen LogP contribution in [0.25, 0.3) is 11.0 Å². The van der Waals surface area contributed by atoms with Gasteiger partial charge in [0.25, 0.3) is 0 Å². The number of nitrogens with one attached hydrogen (secondary N) is 1. The Bertz CT molecular complexity index is 1030. The highest BCUT2D eigenvalue weighted by molar-refractivity contribution is 9.10. The van der Waals surface area contributed by atoms with Gasteiger partial charge >= 0.3 is 0 Å². The second kappa shape index (κ2) is 9.26. The van der Waals surface area contributed by atoms with Gasteiger partial charge in [0.05, 0.1) is 19.0 Å². The molecule has 154 valence electrons. The summed E-state index contributed by atoms with van der Waals surface area (Å²) in [6, 6.07) is 7.62. The van der Waals surface area contributed by atoms with E-state index in [0.29, 0.717) is 31.9 Å². The number of nitrogens with zero attached hydrogens (tertiary/aromatic N) is 3. The molecular weight excluding hydrogens is 436 g/mol. The molecule has 2 heterocycles. The van der Waals surface area contributed by atoms with Gasteiger partial charge in [-0.2, -0.15) is 0 Å². The fraction of sp³-hybridized carbons (Fsp3) is 0.381. The summed E-state index contributed by atoms with van der Waals surface area (Å²) in [7, 11) is 3.45. The van der Waals surface area contributed by atoms with Crippen molar-refractivity contribution in [3.8, 4) is 11.6 Å². The molecule has 0 atom stereocenters. The first-order chi connectivity index (χ1) is 13.9. The van der Waals surface area contributed by atoms with Crippen molar-refractivity contribution < 1.29 is 14.3 Å². The molecule has 0 aliphatic rings. The highest BCUT2D eigenvalue weighted by Crippen LogP contribution is 2.30. The van der Waals surface area contributed by atoms with Gasteiger partial charge in [0.1, 0.15) is 12.4 Å². The zero-order valence-electron chi connectivity index (χ0n) is 17.1. The van der Waals surface area contributed by atoms with E-state index < -0.39 is 0 Å². The predicted molar refractivity (Wildman–Crippen MR) is 116 cm³/mol.